The van der Waals surface area contributed by atoms with E-state index in [0.717, 1.165) is 37.8 Å². The van der Waals surface area contributed by atoms with Crippen molar-refractivity contribution in [3.8, 4) is 34.0 Å². The van der Waals surface area contributed by atoms with Crippen molar-refractivity contribution in [2.45, 2.75) is 0 Å². The van der Waals surface area contributed by atoms with Crippen molar-refractivity contribution in [2.75, 3.05) is 13.2 Å². The Hall–Kier alpha value is -1.79. The number of rotatable bonds is 2. The number of H-pyrrole nitrogens is 1. The minimum Gasteiger partial charge on any atom is -0.486 e. The normalized spacial score (nSPS) is 13.4. The van der Waals surface area contributed by atoms with E-state index in [-0.39, 0.29) is 0 Å². The Bertz CT molecular complexity index is 797. The molecule has 0 saturated heterocycles. The number of nitrogens with zero attached hydrogens (tertiary/aromatic N) is 1. The molecular weight excluding hydrogens is 352 g/mol. The maximum Gasteiger partial charge on any atom is 0.162 e. The molecule has 0 atom stereocenters. The largest absolute Gasteiger partial charge is 0.486 e. The van der Waals surface area contributed by atoms with E-state index in [4.69, 9.17) is 9.47 Å². The molecule has 0 spiro atoms. The number of hydrogen-bond acceptors (Lipinski definition) is 4. The number of benzene rings is 1. The summed E-state index contributed by atoms with van der Waals surface area (Å²) in [5.41, 5.74) is 4.03. The van der Waals surface area contributed by atoms with Crippen LogP contribution < -0.4 is 9.47 Å². The fourth-order valence-corrected chi connectivity index (χ4v) is 3.42. The molecule has 1 aliphatic rings. The van der Waals surface area contributed by atoms with Gasteiger partial charge in [-0.3, -0.25) is 5.10 Å². The summed E-state index contributed by atoms with van der Waals surface area (Å²) in [5.74, 6) is 1.58. The lowest BCUT2D eigenvalue weighted by molar-refractivity contribution is 0.171. The van der Waals surface area contributed by atoms with Gasteiger partial charge in [0.05, 0.1) is 15.2 Å². The fraction of sp³-hybridized carbons (Fsp3) is 0.133. The van der Waals surface area contributed by atoms with Crippen LogP contribution in [0.1, 0.15) is 0 Å². The number of fused-ring (bicyclic) bond motifs is 1. The summed E-state index contributed by atoms with van der Waals surface area (Å²) >= 11 is 5.12. The van der Waals surface area contributed by atoms with Gasteiger partial charge < -0.3 is 9.47 Å². The lowest BCUT2D eigenvalue weighted by atomic mass is 10.1. The van der Waals surface area contributed by atoms with E-state index >= 15 is 0 Å². The monoisotopic (exact) mass is 362 g/mol. The third-order valence-electron chi connectivity index (χ3n) is 3.29. The van der Waals surface area contributed by atoms with E-state index < -0.39 is 0 Å². The van der Waals surface area contributed by atoms with Crippen LogP contribution in [0.3, 0.4) is 0 Å². The van der Waals surface area contributed by atoms with Gasteiger partial charge in [-0.1, -0.05) is 0 Å². The van der Waals surface area contributed by atoms with Gasteiger partial charge in [-0.15, -0.1) is 11.3 Å². The molecule has 0 aliphatic carbocycles. The molecule has 0 amide bonds. The standard InChI is InChI=1S/C15H11BrN2O2S/c16-15-6-10(8-21-15)12-7-11(17-18-12)9-1-2-13-14(5-9)20-4-3-19-13/h1-2,5-8H,3-4H2,(H,17,18). The predicted octanol–water partition coefficient (Wildman–Crippen LogP) is 4.34. The summed E-state index contributed by atoms with van der Waals surface area (Å²) in [7, 11) is 0. The van der Waals surface area contributed by atoms with Crippen LogP contribution in [0, 0.1) is 0 Å². The molecule has 0 unspecified atom stereocenters. The molecule has 3 aromatic rings. The number of thiophene rings is 1. The third kappa shape index (κ3) is 2.45. The van der Waals surface area contributed by atoms with Gasteiger partial charge in [0, 0.05) is 16.5 Å². The average Bonchev–Trinajstić information content (AvgIpc) is 3.15. The Morgan fingerprint density at radius 1 is 1.05 bits per heavy atom. The fourth-order valence-electron chi connectivity index (χ4n) is 2.27. The molecule has 1 N–H and O–H groups in total. The average molecular weight is 363 g/mol. The van der Waals surface area contributed by atoms with Crippen LogP contribution in [0.4, 0.5) is 0 Å². The van der Waals surface area contributed by atoms with Gasteiger partial charge in [0.2, 0.25) is 0 Å². The molecule has 2 aromatic heterocycles. The molecule has 4 nitrogen and oxygen atoms in total. The summed E-state index contributed by atoms with van der Waals surface area (Å²) in [6.07, 6.45) is 0. The highest BCUT2D eigenvalue weighted by atomic mass is 79.9. The maximum absolute atomic E-state index is 5.62. The number of halogens is 1. The van der Waals surface area contributed by atoms with Crippen LogP contribution in [0.15, 0.2) is 39.5 Å². The Morgan fingerprint density at radius 2 is 1.90 bits per heavy atom. The zero-order valence-electron chi connectivity index (χ0n) is 10.9. The molecule has 3 heterocycles. The van der Waals surface area contributed by atoms with Crippen molar-refractivity contribution in [3.63, 3.8) is 0 Å². The van der Waals surface area contributed by atoms with Crippen LogP contribution in [0.2, 0.25) is 0 Å². The van der Waals surface area contributed by atoms with Gasteiger partial charge in [0.1, 0.15) is 13.2 Å². The van der Waals surface area contributed by atoms with Crippen molar-refractivity contribution in [1.82, 2.24) is 10.2 Å². The minimum absolute atomic E-state index is 0.591. The topological polar surface area (TPSA) is 47.1 Å². The summed E-state index contributed by atoms with van der Waals surface area (Å²) in [6.45, 7) is 1.20. The molecule has 0 radical (unpaired) electrons. The zero-order valence-corrected chi connectivity index (χ0v) is 13.3. The molecule has 4 rings (SSSR count). The van der Waals surface area contributed by atoms with Gasteiger partial charge in [-0.2, -0.15) is 5.10 Å². The van der Waals surface area contributed by atoms with Gasteiger partial charge in [0.15, 0.2) is 11.5 Å². The molecule has 1 aromatic carbocycles. The molecule has 6 heteroatoms. The number of aromatic nitrogens is 2. The molecule has 21 heavy (non-hydrogen) atoms. The van der Waals surface area contributed by atoms with E-state index in [1.165, 1.54) is 0 Å². The first kappa shape index (κ1) is 12.9. The van der Waals surface area contributed by atoms with Gasteiger partial charge in [-0.05, 0) is 46.3 Å². The van der Waals surface area contributed by atoms with E-state index in [2.05, 4.69) is 37.6 Å². The third-order valence-corrected chi connectivity index (χ3v) is 4.80. The Labute approximate surface area is 133 Å². The summed E-state index contributed by atoms with van der Waals surface area (Å²) in [5, 5.41) is 9.53. The maximum atomic E-state index is 5.62. The zero-order chi connectivity index (χ0) is 14.2. The van der Waals surface area contributed by atoms with Crippen LogP contribution in [0.5, 0.6) is 11.5 Å². The summed E-state index contributed by atoms with van der Waals surface area (Å²) in [6, 6.07) is 10.0. The van der Waals surface area contributed by atoms with Crippen molar-refractivity contribution in [2.24, 2.45) is 0 Å². The lowest BCUT2D eigenvalue weighted by Gasteiger charge is -2.18. The Balaban J connectivity index is 1.69. The van der Waals surface area contributed by atoms with Crippen LogP contribution in [0.25, 0.3) is 22.5 Å². The van der Waals surface area contributed by atoms with Crippen LogP contribution in [-0.2, 0) is 0 Å². The van der Waals surface area contributed by atoms with Crippen molar-refractivity contribution >= 4 is 27.3 Å². The van der Waals surface area contributed by atoms with Gasteiger partial charge >= 0.3 is 0 Å². The first-order valence-corrected chi connectivity index (χ1v) is 8.17. The smallest absolute Gasteiger partial charge is 0.162 e. The van der Waals surface area contributed by atoms with Crippen molar-refractivity contribution < 1.29 is 9.47 Å². The number of aromatic amines is 1. The van der Waals surface area contributed by atoms with Crippen molar-refractivity contribution in [1.29, 1.82) is 0 Å². The summed E-state index contributed by atoms with van der Waals surface area (Å²) < 4.78 is 12.3. The second kappa shape index (κ2) is 5.20. The quantitative estimate of drug-likeness (QED) is 0.737. The molecule has 106 valence electrons. The molecule has 1 aliphatic heterocycles. The predicted molar refractivity (Wildman–Crippen MR) is 86.0 cm³/mol. The Morgan fingerprint density at radius 3 is 2.71 bits per heavy atom. The minimum atomic E-state index is 0.591. The second-order valence-corrected chi connectivity index (χ2v) is 6.96. The Kier molecular flexibility index (Phi) is 3.20. The van der Waals surface area contributed by atoms with Gasteiger partial charge in [0.25, 0.3) is 0 Å². The molecule has 0 saturated carbocycles. The van der Waals surface area contributed by atoms with Crippen LogP contribution >= 0.6 is 27.3 Å². The first-order valence-electron chi connectivity index (χ1n) is 6.49. The SMILES string of the molecule is Brc1cc(-c2cc(-c3ccc4c(c3)OCCO4)[nH]n2)cs1. The summed E-state index contributed by atoms with van der Waals surface area (Å²) in [4.78, 5) is 0. The molecule has 0 bridgehead atoms. The molecule has 0 fully saturated rings. The van der Waals surface area contributed by atoms with Crippen LogP contribution in [-0.4, -0.2) is 23.4 Å². The highest BCUT2D eigenvalue weighted by molar-refractivity contribution is 9.11. The second-order valence-electron chi connectivity index (χ2n) is 4.66. The van der Waals surface area contributed by atoms with Crippen molar-refractivity contribution in [3.05, 3.63) is 39.5 Å². The highest BCUT2D eigenvalue weighted by Crippen LogP contribution is 2.35. The van der Waals surface area contributed by atoms with E-state index in [1.54, 1.807) is 11.3 Å². The first-order chi connectivity index (χ1) is 10.3. The number of nitrogens with one attached hydrogen (secondary N) is 1. The molecular formula is C15H11BrN2O2S. The number of ether oxygens (including phenoxy) is 2. The van der Waals surface area contributed by atoms with E-state index in [9.17, 15) is 0 Å². The van der Waals surface area contributed by atoms with Gasteiger partial charge in [-0.25, -0.2) is 0 Å². The highest BCUT2D eigenvalue weighted by Gasteiger charge is 2.14. The number of hydrogen-bond donors (Lipinski definition) is 1. The van der Waals surface area contributed by atoms with E-state index in [1.807, 2.05) is 24.3 Å². The lowest BCUT2D eigenvalue weighted by Crippen LogP contribution is -2.15. The van der Waals surface area contributed by atoms with E-state index in [0.29, 0.717) is 13.2 Å².